The molecule has 5 heteroatoms. The van der Waals surface area contributed by atoms with E-state index in [1.54, 1.807) is 0 Å². The molecule has 3 heterocycles. The molecule has 3 nitrogen and oxygen atoms in total. The fourth-order valence-electron chi connectivity index (χ4n) is 3.24. The standard InChI is InChI=1S/C14H19ClN2OS/c15-13-4-3-12(19-13)9-14(18)16-10-5-7-17-6-1-2-11(17)8-10/h3-4,10-11H,1-2,5-9H2,(H,16,18)/t10-,11-/m1/s1. The lowest BCUT2D eigenvalue weighted by atomic mass is 9.97. The molecule has 0 radical (unpaired) electrons. The van der Waals surface area contributed by atoms with Crippen molar-refractivity contribution in [2.24, 2.45) is 0 Å². The number of hydrogen-bond donors (Lipinski definition) is 1. The van der Waals surface area contributed by atoms with E-state index in [0.29, 0.717) is 18.5 Å². The van der Waals surface area contributed by atoms with E-state index in [2.05, 4.69) is 10.2 Å². The van der Waals surface area contributed by atoms with Crippen molar-refractivity contribution in [1.29, 1.82) is 0 Å². The molecule has 0 unspecified atom stereocenters. The van der Waals surface area contributed by atoms with Crippen LogP contribution in [-0.2, 0) is 11.2 Å². The minimum atomic E-state index is 0.134. The van der Waals surface area contributed by atoms with Crippen molar-refractivity contribution in [3.8, 4) is 0 Å². The van der Waals surface area contributed by atoms with E-state index in [9.17, 15) is 4.79 Å². The van der Waals surface area contributed by atoms with E-state index >= 15 is 0 Å². The summed E-state index contributed by atoms with van der Waals surface area (Å²) in [5.41, 5.74) is 0. The maximum atomic E-state index is 12.0. The molecular formula is C14H19ClN2OS. The largest absolute Gasteiger partial charge is 0.353 e. The fourth-order valence-corrected chi connectivity index (χ4v) is 4.33. The summed E-state index contributed by atoms with van der Waals surface area (Å²) in [6.45, 7) is 2.39. The number of carbonyl (C=O) groups is 1. The molecule has 1 aromatic rings. The quantitative estimate of drug-likeness (QED) is 0.930. The van der Waals surface area contributed by atoms with Crippen LogP contribution in [0.5, 0.6) is 0 Å². The van der Waals surface area contributed by atoms with Gasteiger partial charge in [-0.2, -0.15) is 0 Å². The third-order valence-electron chi connectivity index (χ3n) is 4.15. The number of hydrogen-bond acceptors (Lipinski definition) is 3. The summed E-state index contributed by atoms with van der Waals surface area (Å²) < 4.78 is 0.752. The number of piperidine rings is 1. The highest BCUT2D eigenvalue weighted by Crippen LogP contribution is 2.27. The average molecular weight is 299 g/mol. The molecule has 1 aromatic heterocycles. The minimum Gasteiger partial charge on any atom is -0.353 e. The predicted molar refractivity (Wildman–Crippen MR) is 78.8 cm³/mol. The number of rotatable bonds is 3. The Hall–Kier alpha value is -0.580. The van der Waals surface area contributed by atoms with E-state index in [1.165, 1.54) is 30.7 Å². The van der Waals surface area contributed by atoms with Crippen molar-refractivity contribution >= 4 is 28.8 Å². The first kappa shape index (κ1) is 13.4. The molecule has 0 bridgehead atoms. The zero-order valence-corrected chi connectivity index (χ0v) is 12.5. The molecule has 19 heavy (non-hydrogen) atoms. The van der Waals surface area contributed by atoms with Crippen molar-refractivity contribution in [2.75, 3.05) is 13.1 Å². The van der Waals surface area contributed by atoms with E-state index in [1.807, 2.05) is 12.1 Å². The first-order chi connectivity index (χ1) is 9.20. The van der Waals surface area contributed by atoms with Crippen molar-refractivity contribution in [1.82, 2.24) is 10.2 Å². The molecule has 2 atom stereocenters. The van der Waals surface area contributed by atoms with Crippen LogP contribution in [0, 0.1) is 0 Å². The van der Waals surface area contributed by atoms with Gasteiger partial charge in [0, 0.05) is 23.5 Å². The van der Waals surface area contributed by atoms with Crippen LogP contribution in [0.25, 0.3) is 0 Å². The number of nitrogens with one attached hydrogen (secondary N) is 1. The van der Waals surface area contributed by atoms with Crippen LogP contribution in [-0.4, -0.2) is 36.0 Å². The minimum absolute atomic E-state index is 0.134. The normalized spacial score (nSPS) is 27.2. The van der Waals surface area contributed by atoms with Crippen molar-refractivity contribution in [2.45, 2.75) is 44.2 Å². The molecule has 1 N–H and O–H groups in total. The Morgan fingerprint density at radius 1 is 1.42 bits per heavy atom. The monoisotopic (exact) mass is 298 g/mol. The van der Waals surface area contributed by atoms with Gasteiger partial charge in [-0.1, -0.05) is 11.6 Å². The van der Waals surface area contributed by atoms with Crippen LogP contribution in [0.2, 0.25) is 4.34 Å². The number of nitrogens with zero attached hydrogens (tertiary/aromatic N) is 1. The topological polar surface area (TPSA) is 32.3 Å². The van der Waals surface area contributed by atoms with Crippen LogP contribution >= 0.6 is 22.9 Å². The highest BCUT2D eigenvalue weighted by Gasteiger charge is 2.32. The smallest absolute Gasteiger partial charge is 0.225 e. The van der Waals surface area contributed by atoms with Crippen LogP contribution in [0.15, 0.2) is 12.1 Å². The number of amides is 1. The van der Waals surface area contributed by atoms with Gasteiger partial charge in [-0.15, -0.1) is 11.3 Å². The Bertz CT molecular complexity index is 462. The lowest BCUT2D eigenvalue weighted by Crippen LogP contribution is -2.47. The zero-order chi connectivity index (χ0) is 13.2. The van der Waals surface area contributed by atoms with Gasteiger partial charge in [-0.05, 0) is 44.4 Å². The zero-order valence-electron chi connectivity index (χ0n) is 10.9. The highest BCUT2D eigenvalue weighted by atomic mass is 35.5. The molecule has 2 aliphatic heterocycles. The van der Waals surface area contributed by atoms with Crippen molar-refractivity contribution in [3.63, 3.8) is 0 Å². The van der Waals surface area contributed by atoms with E-state index < -0.39 is 0 Å². The van der Waals surface area contributed by atoms with Gasteiger partial charge >= 0.3 is 0 Å². The summed E-state index contributed by atoms with van der Waals surface area (Å²) in [6, 6.07) is 4.86. The van der Waals surface area contributed by atoms with E-state index in [-0.39, 0.29) is 5.91 Å². The first-order valence-corrected chi connectivity index (χ1v) is 8.18. The van der Waals surface area contributed by atoms with Crippen LogP contribution < -0.4 is 5.32 Å². The second-order valence-electron chi connectivity index (χ2n) is 5.50. The summed E-state index contributed by atoms with van der Waals surface area (Å²) in [7, 11) is 0. The van der Waals surface area contributed by atoms with Crippen molar-refractivity contribution < 1.29 is 4.79 Å². The van der Waals surface area contributed by atoms with Crippen LogP contribution in [0.3, 0.4) is 0 Å². The lowest BCUT2D eigenvalue weighted by Gasteiger charge is -2.35. The van der Waals surface area contributed by atoms with Gasteiger partial charge in [0.25, 0.3) is 0 Å². The predicted octanol–water partition coefficient (Wildman–Crippen LogP) is 2.69. The van der Waals surface area contributed by atoms with E-state index in [0.717, 1.165) is 28.6 Å². The molecular weight excluding hydrogens is 280 g/mol. The number of carbonyl (C=O) groups excluding carboxylic acids is 1. The maximum Gasteiger partial charge on any atom is 0.225 e. The molecule has 0 aliphatic carbocycles. The summed E-state index contributed by atoms with van der Waals surface area (Å²) >= 11 is 7.37. The summed E-state index contributed by atoms with van der Waals surface area (Å²) in [5, 5.41) is 3.19. The van der Waals surface area contributed by atoms with Crippen molar-refractivity contribution in [3.05, 3.63) is 21.3 Å². The molecule has 2 aliphatic rings. The summed E-state index contributed by atoms with van der Waals surface area (Å²) in [4.78, 5) is 15.6. The molecule has 1 amide bonds. The first-order valence-electron chi connectivity index (χ1n) is 6.98. The Morgan fingerprint density at radius 3 is 3.11 bits per heavy atom. The molecule has 0 spiro atoms. The molecule has 0 saturated carbocycles. The van der Waals surface area contributed by atoms with Gasteiger partial charge in [-0.25, -0.2) is 0 Å². The van der Waals surface area contributed by atoms with Crippen LogP contribution in [0.4, 0.5) is 0 Å². The molecule has 0 aromatic carbocycles. The van der Waals surface area contributed by atoms with Gasteiger partial charge in [0.05, 0.1) is 10.8 Å². The fraction of sp³-hybridized carbons (Fsp3) is 0.643. The Labute approximate surface area is 122 Å². The second kappa shape index (κ2) is 5.81. The Kier molecular flexibility index (Phi) is 4.10. The number of halogens is 1. The Balaban J connectivity index is 1.49. The molecule has 2 saturated heterocycles. The third kappa shape index (κ3) is 3.30. The molecule has 104 valence electrons. The van der Waals surface area contributed by atoms with E-state index in [4.69, 9.17) is 11.6 Å². The van der Waals surface area contributed by atoms with Gasteiger partial charge in [-0.3, -0.25) is 4.79 Å². The molecule has 2 fully saturated rings. The second-order valence-corrected chi connectivity index (χ2v) is 7.30. The number of thiophene rings is 1. The number of fused-ring (bicyclic) bond motifs is 1. The Morgan fingerprint density at radius 2 is 2.32 bits per heavy atom. The SMILES string of the molecule is O=C(Cc1ccc(Cl)s1)N[C@@H]1CCN2CCC[C@@H]2C1. The lowest BCUT2D eigenvalue weighted by molar-refractivity contribution is -0.121. The average Bonchev–Trinajstić information content (AvgIpc) is 2.97. The summed E-state index contributed by atoms with van der Waals surface area (Å²) in [5.74, 6) is 0.134. The van der Waals surface area contributed by atoms with Gasteiger partial charge in [0.2, 0.25) is 5.91 Å². The highest BCUT2D eigenvalue weighted by molar-refractivity contribution is 7.16. The van der Waals surface area contributed by atoms with Gasteiger partial charge in [0.15, 0.2) is 0 Å². The van der Waals surface area contributed by atoms with Gasteiger partial charge in [0.1, 0.15) is 0 Å². The summed E-state index contributed by atoms with van der Waals surface area (Å²) in [6.07, 6.45) is 5.29. The maximum absolute atomic E-state index is 12.0. The molecule has 3 rings (SSSR count). The van der Waals surface area contributed by atoms with Gasteiger partial charge < -0.3 is 10.2 Å². The van der Waals surface area contributed by atoms with Crippen LogP contribution in [0.1, 0.15) is 30.6 Å². The third-order valence-corrected chi connectivity index (χ3v) is 5.38.